The Balaban J connectivity index is 3.00. The first-order valence-corrected chi connectivity index (χ1v) is 3.97. The Morgan fingerprint density at radius 3 is 2.71 bits per heavy atom. The lowest BCUT2D eigenvalue weighted by Crippen LogP contribution is -2.05. The highest BCUT2D eigenvalue weighted by Gasteiger charge is 2.13. The van der Waals surface area contributed by atoms with Gasteiger partial charge in [0.1, 0.15) is 5.69 Å². The number of aliphatic carboxylic acids is 1. The summed E-state index contributed by atoms with van der Waals surface area (Å²) in [6.07, 6.45) is -3.00. The summed E-state index contributed by atoms with van der Waals surface area (Å²) < 4.78 is 24.7. The minimum absolute atomic E-state index is 0.151. The van der Waals surface area contributed by atoms with E-state index in [1.807, 2.05) is 0 Å². The third-order valence-corrected chi connectivity index (χ3v) is 1.73. The number of aryl methyl sites for hydroxylation is 1. The fourth-order valence-corrected chi connectivity index (χ4v) is 1.06. The summed E-state index contributed by atoms with van der Waals surface area (Å²) in [7, 11) is 0. The first kappa shape index (κ1) is 10.6. The summed E-state index contributed by atoms with van der Waals surface area (Å²) in [5.74, 6) is -1.08. The number of halogens is 2. The van der Waals surface area contributed by atoms with E-state index < -0.39 is 12.4 Å². The number of carboxylic acids is 1. The molecule has 0 saturated carbocycles. The number of aromatic nitrogens is 1. The number of nitrogens with zero attached hydrogens (tertiary/aromatic N) is 1. The molecule has 76 valence electrons. The molecule has 14 heavy (non-hydrogen) atoms. The average Bonchev–Trinajstić information content (AvgIpc) is 2.07. The molecule has 1 aromatic rings. The maximum absolute atomic E-state index is 12.3. The monoisotopic (exact) mass is 201 g/mol. The third kappa shape index (κ3) is 2.48. The first-order valence-electron chi connectivity index (χ1n) is 3.97. The summed E-state index contributed by atoms with van der Waals surface area (Å²) in [6.45, 7) is 1.51. The zero-order valence-corrected chi connectivity index (χ0v) is 7.50. The van der Waals surface area contributed by atoms with Gasteiger partial charge in [-0.05, 0) is 18.6 Å². The van der Waals surface area contributed by atoms with Crippen molar-refractivity contribution in [2.24, 2.45) is 0 Å². The van der Waals surface area contributed by atoms with Gasteiger partial charge in [0.15, 0.2) is 0 Å². The lowest BCUT2D eigenvalue weighted by atomic mass is 10.2. The van der Waals surface area contributed by atoms with Crippen LogP contribution in [0.3, 0.4) is 0 Å². The topological polar surface area (TPSA) is 50.2 Å². The van der Waals surface area contributed by atoms with Crippen molar-refractivity contribution >= 4 is 5.97 Å². The molecule has 0 aliphatic carbocycles. The minimum atomic E-state index is -2.66. The molecule has 0 amide bonds. The molecular weight excluding hydrogens is 192 g/mol. The normalized spacial score (nSPS) is 10.6. The van der Waals surface area contributed by atoms with E-state index >= 15 is 0 Å². The number of carboxylic acid groups (broad SMARTS) is 1. The van der Waals surface area contributed by atoms with Crippen LogP contribution in [-0.4, -0.2) is 16.1 Å². The van der Waals surface area contributed by atoms with Crippen molar-refractivity contribution < 1.29 is 18.7 Å². The van der Waals surface area contributed by atoms with E-state index in [9.17, 15) is 13.6 Å². The van der Waals surface area contributed by atoms with Crippen LogP contribution in [0.1, 0.15) is 23.4 Å². The molecule has 0 atom stereocenters. The van der Waals surface area contributed by atoms with Crippen LogP contribution in [0.5, 0.6) is 0 Å². The molecular formula is C9H9F2NO2. The Morgan fingerprint density at radius 1 is 1.57 bits per heavy atom. The van der Waals surface area contributed by atoms with Gasteiger partial charge in [-0.2, -0.15) is 0 Å². The number of carbonyl (C=O) groups is 1. The van der Waals surface area contributed by atoms with Crippen LogP contribution < -0.4 is 0 Å². The molecule has 0 bridgehead atoms. The molecule has 0 unspecified atom stereocenters. The van der Waals surface area contributed by atoms with Crippen LogP contribution in [0.2, 0.25) is 0 Å². The number of rotatable bonds is 3. The fraction of sp³-hybridized carbons (Fsp3) is 0.333. The Hall–Kier alpha value is -1.52. The van der Waals surface area contributed by atoms with Gasteiger partial charge in [0.25, 0.3) is 6.43 Å². The van der Waals surface area contributed by atoms with Gasteiger partial charge in [0.2, 0.25) is 0 Å². The summed E-state index contributed by atoms with van der Waals surface area (Å²) in [5, 5.41) is 8.44. The molecule has 0 spiro atoms. The molecule has 5 heteroatoms. The van der Waals surface area contributed by atoms with E-state index in [2.05, 4.69) is 4.98 Å². The van der Waals surface area contributed by atoms with E-state index in [0.29, 0.717) is 5.56 Å². The molecule has 0 aromatic carbocycles. The van der Waals surface area contributed by atoms with Gasteiger partial charge in [-0.3, -0.25) is 9.78 Å². The second-order valence-electron chi connectivity index (χ2n) is 2.88. The van der Waals surface area contributed by atoms with Crippen molar-refractivity contribution in [2.75, 3.05) is 0 Å². The van der Waals surface area contributed by atoms with Crippen LogP contribution in [0, 0.1) is 6.92 Å². The van der Waals surface area contributed by atoms with Gasteiger partial charge in [0, 0.05) is 0 Å². The molecule has 1 aromatic heterocycles. The van der Waals surface area contributed by atoms with Crippen LogP contribution in [0.15, 0.2) is 12.1 Å². The standard InChI is InChI=1S/C9H9F2NO2/c1-5-2-3-6(4-7(13)14)12-8(5)9(10)11/h2-3,9H,4H2,1H3,(H,13,14). The quantitative estimate of drug-likeness (QED) is 0.813. The Morgan fingerprint density at radius 2 is 2.21 bits per heavy atom. The lowest BCUT2D eigenvalue weighted by molar-refractivity contribution is -0.136. The molecule has 1 N–H and O–H groups in total. The molecule has 0 aliphatic heterocycles. The van der Waals surface area contributed by atoms with Gasteiger partial charge in [-0.1, -0.05) is 6.07 Å². The number of hydrogen-bond acceptors (Lipinski definition) is 2. The largest absolute Gasteiger partial charge is 0.481 e. The van der Waals surface area contributed by atoms with Crippen LogP contribution in [0.4, 0.5) is 8.78 Å². The highest BCUT2D eigenvalue weighted by Crippen LogP contribution is 2.20. The molecule has 1 heterocycles. The van der Waals surface area contributed by atoms with Gasteiger partial charge < -0.3 is 5.11 Å². The molecule has 3 nitrogen and oxygen atoms in total. The zero-order valence-electron chi connectivity index (χ0n) is 7.50. The van der Waals surface area contributed by atoms with Gasteiger partial charge in [-0.25, -0.2) is 8.78 Å². The van der Waals surface area contributed by atoms with Crippen molar-refractivity contribution in [2.45, 2.75) is 19.8 Å². The second-order valence-corrected chi connectivity index (χ2v) is 2.88. The van der Waals surface area contributed by atoms with E-state index in [1.165, 1.54) is 19.1 Å². The van der Waals surface area contributed by atoms with E-state index in [-0.39, 0.29) is 17.8 Å². The average molecular weight is 201 g/mol. The van der Waals surface area contributed by atoms with Crippen LogP contribution in [-0.2, 0) is 11.2 Å². The predicted molar refractivity (Wildman–Crippen MR) is 45.3 cm³/mol. The molecule has 0 aliphatic rings. The van der Waals surface area contributed by atoms with E-state index in [1.54, 1.807) is 0 Å². The zero-order chi connectivity index (χ0) is 10.7. The molecule has 0 radical (unpaired) electrons. The van der Waals surface area contributed by atoms with Crippen molar-refractivity contribution in [3.8, 4) is 0 Å². The maximum Gasteiger partial charge on any atom is 0.309 e. The van der Waals surface area contributed by atoms with Crippen LogP contribution in [0.25, 0.3) is 0 Å². The third-order valence-electron chi connectivity index (χ3n) is 1.73. The number of alkyl halides is 2. The van der Waals surface area contributed by atoms with Crippen molar-refractivity contribution in [1.29, 1.82) is 0 Å². The van der Waals surface area contributed by atoms with Gasteiger partial charge >= 0.3 is 5.97 Å². The molecule has 1 rings (SSSR count). The van der Waals surface area contributed by atoms with Crippen molar-refractivity contribution in [1.82, 2.24) is 4.98 Å². The van der Waals surface area contributed by atoms with Crippen molar-refractivity contribution in [3.05, 3.63) is 29.1 Å². The summed E-state index contributed by atoms with van der Waals surface area (Å²) in [5.41, 5.74) is 0.177. The fourth-order valence-electron chi connectivity index (χ4n) is 1.06. The highest BCUT2D eigenvalue weighted by atomic mass is 19.3. The van der Waals surface area contributed by atoms with E-state index in [0.717, 1.165) is 0 Å². The lowest BCUT2D eigenvalue weighted by Gasteiger charge is -2.05. The van der Waals surface area contributed by atoms with Crippen LogP contribution >= 0.6 is 0 Å². The van der Waals surface area contributed by atoms with Gasteiger partial charge in [-0.15, -0.1) is 0 Å². The minimum Gasteiger partial charge on any atom is -0.481 e. The Bertz CT molecular complexity index is 353. The number of hydrogen-bond donors (Lipinski definition) is 1. The maximum atomic E-state index is 12.3. The number of pyridine rings is 1. The summed E-state index contributed by atoms with van der Waals surface area (Å²) in [4.78, 5) is 13.9. The smallest absolute Gasteiger partial charge is 0.309 e. The summed E-state index contributed by atoms with van der Waals surface area (Å²) in [6, 6.07) is 2.89. The van der Waals surface area contributed by atoms with Crippen molar-refractivity contribution in [3.63, 3.8) is 0 Å². The molecule has 0 fully saturated rings. The Labute approximate surface area is 79.4 Å². The van der Waals surface area contributed by atoms with E-state index in [4.69, 9.17) is 5.11 Å². The highest BCUT2D eigenvalue weighted by molar-refractivity contribution is 5.69. The predicted octanol–water partition coefficient (Wildman–Crippen LogP) is 1.95. The Kier molecular flexibility index (Phi) is 3.11. The second kappa shape index (κ2) is 4.13. The first-order chi connectivity index (χ1) is 6.50. The summed E-state index contributed by atoms with van der Waals surface area (Å²) >= 11 is 0. The van der Waals surface area contributed by atoms with Gasteiger partial charge in [0.05, 0.1) is 12.1 Å². The SMILES string of the molecule is Cc1ccc(CC(=O)O)nc1C(F)F. The molecule has 0 saturated heterocycles.